The van der Waals surface area contributed by atoms with Crippen LogP contribution in [0.5, 0.6) is 0 Å². The fourth-order valence-electron chi connectivity index (χ4n) is 3.12. The first kappa shape index (κ1) is 22.1. The third kappa shape index (κ3) is 11.3. The van der Waals surface area contributed by atoms with Gasteiger partial charge < -0.3 is 4.74 Å². The van der Waals surface area contributed by atoms with E-state index < -0.39 is 0 Å². The second-order valence-electron chi connectivity index (χ2n) is 7.44. The molecule has 0 aromatic carbocycles. The zero-order chi connectivity index (χ0) is 18.5. The summed E-state index contributed by atoms with van der Waals surface area (Å²) in [7, 11) is 0. The van der Waals surface area contributed by atoms with Gasteiger partial charge in [0.25, 0.3) is 6.47 Å². The zero-order valence-electron chi connectivity index (χ0n) is 16.6. The normalized spacial score (nSPS) is 21.8. The summed E-state index contributed by atoms with van der Waals surface area (Å²) in [6.45, 7) is 9.42. The van der Waals surface area contributed by atoms with Crippen LogP contribution in [0.25, 0.3) is 0 Å². The summed E-state index contributed by atoms with van der Waals surface area (Å²) in [5.41, 5.74) is 4.39. The lowest BCUT2D eigenvalue weighted by molar-refractivity contribution is -0.134. The first-order valence-corrected chi connectivity index (χ1v) is 10.7. The van der Waals surface area contributed by atoms with Crippen molar-refractivity contribution in [1.82, 2.24) is 0 Å². The Labute approximate surface area is 159 Å². The van der Waals surface area contributed by atoms with Crippen LogP contribution in [0.3, 0.4) is 0 Å². The fourth-order valence-corrected chi connectivity index (χ4v) is 4.46. The minimum Gasteiger partial charge on any atom is -0.465 e. The van der Waals surface area contributed by atoms with Crippen molar-refractivity contribution in [3.63, 3.8) is 0 Å². The largest absolute Gasteiger partial charge is 0.465 e. The van der Waals surface area contributed by atoms with Gasteiger partial charge in [0.2, 0.25) is 0 Å². The monoisotopic (exact) mass is 364 g/mol. The summed E-state index contributed by atoms with van der Waals surface area (Å²) in [6.07, 6.45) is 16.3. The van der Waals surface area contributed by atoms with Crippen LogP contribution in [0.1, 0.15) is 79.1 Å². The van der Waals surface area contributed by atoms with Crippen LogP contribution in [0.4, 0.5) is 0 Å². The fraction of sp³-hybridized carbons (Fsp3) is 0.682. The lowest BCUT2D eigenvalue weighted by atomic mass is 9.97. The van der Waals surface area contributed by atoms with E-state index in [4.69, 9.17) is 4.74 Å². The maximum absolute atomic E-state index is 10.5. The number of hydrogen-bond donors (Lipinski definition) is 0. The molecule has 1 aliphatic carbocycles. The molecular formula is C22H36O2S. The van der Waals surface area contributed by atoms with E-state index in [2.05, 4.69) is 45.9 Å². The Balaban J connectivity index is 2.20. The maximum atomic E-state index is 10.5. The Bertz CT molecular complexity index is 472. The van der Waals surface area contributed by atoms with Gasteiger partial charge in [0, 0.05) is 11.0 Å². The molecule has 142 valence electrons. The molecule has 0 aromatic rings. The molecule has 0 amide bonds. The van der Waals surface area contributed by atoms with E-state index in [9.17, 15) is 4.79 Å². The Kier molecular flexibility index (Phi) is 11.7. The molecule has 2 nitrogen and oxygen atoms in total. The van der Waals surface area contributed by atoms with Crippen LogP contribution >= 0.6 is 11.8 Å². The van der Waals surface area contributed by atoms with Crippen LogP contribution in [0.2, 0.25) is 0 Å². The standard InChI is InChI=1S/C22H36O2S/c1-18(2)8-5-9-19(3)10-6-11-20(4)14-15-25-22-13-7-12-21(16-22)24-17-23/h8,10,14,17,21-22H,5-7,9,11-13,15-16H2,1-4H3. The molecule has 2 unspecified atom stereocenters. The molecule has 0 radical (unpaired) electrons. The Morgan fingerprint density at radius 1 is 1.00 bits per heavy atom. The predicted molar refractivity (Wildman–Crippen MR) is 111 cm³/mol. The highest BCUT2D eigenvalue weighted by Gasteiger charge is 2.22. The molecule has 25 heavy (non-hydrogen) atoms. The van der Waals surface area contributed by atoms with E-state index in [1.165, 1.54) is 36.0 Å². The van der Waals surface area contributed by atoms with E-state index in [0.29, 0.717) is 11.7 Å². The van der Waals surface area contributed by atoms with Crippen LogP contribution in [-0.2, 0) is 9.53 Å². The van der Waals surface area contributed by atoms with Gasteiger partial charge in [-0.2, -0.15) is 11.8 Å². The van der Waals surface area contributed by atoms with Crippen molar-refractivity contribution in [2.75, 3.05) is 5.75 Å². The summed E-state index contributed by atoms with van der Waals surface area (Å²) in [5.74, 6) is 1.08. The minimum atomic E-state index is 0.147. The molecule has 0 aliphatic heterocycles. The minimum absolute atomic E-state index is 0.147. The van der Waals surface area contributed by atoms with E-state index in [1.807, 2.05) is 11.8 Å². The molecule has 1 aliphatic rings. The molecule has 0 spiro atoms. The van der Waals surface area contributed by atoms with Crippen LogP contribution in [-0.4, -0.2) is 23.6 Å². The van der Waals surface area contributed by atoms with Crippen LogP contribution < -0.4 is 0 Å². The summed E-state index contributed by atoms with van der Waals surface area (Å²) in [5, 5.41) is 0.639. The maximum Gasteiger partial charge on any atom is 0.293 e. The average molecular weight is 365 g/mol. The Morgan fingerprint density at radius 3 is 2.36 bits per heavy atom. The molecule has 2 atom stereocenters. The van der Waals surface area contributed by atoms with E-state index >= 15 is 0 Å². The number of hydrogen-bond acceptors (Lipinski definition) is 3. The number of rotatable bonds is 11. The highest BCUT2D eigenvalue weighted by Crippen LogP contribution is 2.30. The first-order chi connectivity index (χ1) is 12.0. The summed E-state index contributed by atoms with van der Waals surface area (Å²) in [4.78, 5) is 10.5. The predicted octanol–water partition coefficient (Wildman–Crippen LogP) is 6.62. The quantitative estimate of drug-likeness (QED) is 0.304. The van der Waals surface area contributed by atoms with E-state index in [-0.39, 0.29) is 6.10 Å². The van der Waals surface area contributed by atoms with Gasteiger partial charge in [-0.1, -0.05) is 34.9 Å². The Morgan fingerprint density at radius 2 is 1.68 bits per heavy atom. The summed E-state index contributed by atoms with van der Waals surface area (Å²) >= 11 is 2.01. The van der Waals surface area contributed by atoms with Crippen molar-refractivity contribution in [3.05, 3.63) is 34.9 Å². The van der Waals surface area contributed by atoms with Gasteiger partial charge >= 0.3 is 0 Å². The van der Waals surface area contributed by atoms with Gasteiger partial charge in [-0.15, -0.1) is 0 Å². The lowest BCUT2D eigenvalue weighted by Gasteiger charge is -2.27. The molecule has 1 fully saturated rings. The zero-order valence-corrected chi connectivity index (χ0v) is 17.4. The third-order valence-electron chi connectivity index (χ3n) is 4.71. The number of carbonyl (C=O) groups is 1. The van der Waals surface area contributed by atoms with Gasteiger partial charge in [0.05, 0.1) is 0 Å². The van der Waals surface area contributed by atoms with Crippen LogP contribution in [0, 0.1) is 0 Å². The molecule has 0 aromatic heterocycles. The number of carbonyl (C=O) groups excluding carboxylic acids is 1. The number of allylic oxidation sites excluding steroid dienone is 5. The molecule has 0 heterocycles. The molecular weight excluding hydrogens is 328 g/mol. The average Bonchev–Trinajstić information content (AvgIpc) is 2.55. The highest BCUT2D eigenvalue weighted by atomic mass is 32.2. The third-order valence-corrected chi connectivity index (χ3v) is 5.97. The van der Waals surface area contributed by atoms with Crippen molar-refractivity contribution in [2.45, 2.75) is 90.4 Å². The SMILES string of the molecule is CC(C)=CCCC(C)=CCCC(C)=CCSC1CCCC(OC=O)C1. The number of ether oxygens (including phenoxy) is 1. The van der Waals surface area contributed by atoms with Gasteiger partial charge in [-0.25, -0.2) is 0 Å². The van der Waals surface area contributed by atoms with Crippen molar-refractivity contribution < 1.29 is 9.53 Å². The van der Waals surface area contributed by atoms with Gasteiger partial charge in [0.1, 0.15) is 6.10 Å². The molecule has 0 N–H and O–H groups in total. The summed E-state index contributed by atoms with van der Waals surface area (Å²) in [6, 6.07) is 0. The summed E-state index contributed by atoms with van der Waals surface area (Å²) < 4.78 is 5.14. The van der Waals surface area contributed by atoms with Crippen molar-refractivity contribution in [1.29, 1.82) is 0 Å². The molecule has 0 saturated heterocycles. The van der Waals surface area contributed by atoms with Crippen molar-refractivity contribution >= 4 is 18.2 Å². The van der Waals surface area contributed by atoms with Crippen molar-refractivity contribution in [2.24, 2.45) is 0 Å². The van der Waals surface area contributed by atoms with Gasteiger partial charge in [0.15, 0.2) is 0 Å². The van der Waals surface area contributed by atoms with E-state index in [0.717, 1.165) is 37.9 Å². The second kappa shape index (κ2) is 13.3. The molecule has 0 bridgehead atoms. The lowest BCUT2D eigenvalue weighted by Crippen LogP contribution is -2.24. The van der Waals surface area contributed by atoms with Crippen LogP contribution in [0.15, 0.2) is 34.9 Å². The topological polar surface area (TPSA) is 26.3 Å². The highest BCUT2D eigenvalue weighted by molar-refractivity contribution is 8.00. The first-order valence-electron chi connectivity index (χ1n) is 9.66. The molecule has 3 heteroatoms. The Hall–Kier alpha value is -0.960. The smallest absolute Gasteiger partial charge is 0.293 e. The van der Waals surface area contributed by atoms with E-state index in [1.54, 1.807) is 0 Å². The van der Waals surface area contributed by atoms with Gasteiger partial charge in [-0.3, -0.25) is 4.79 Å². The molecule has 1 rings (SSSR count). The van der Waals surface area contributed by atoms with Gasteiger partial charge in [-0.05, 0) is 79.1 Å². The molecule has 1 saturated carbocycles. The van der Waals surface area contributed by atoms with Crippen molar-refractivity contribution in [3.8, 4) is 0 Å². The number of thioether (sulfide) groups is 1. The second-order valence-corrected chi connectivity index (χ2v) is 8.77.